The van der Waals surface area contributed by atoms with Crippen LogP contribution in [0.4, 0.5) is 0 Å². The average Bonchev–Trinajstić information content (AvgIpc) is 2.20. The fourth-order valence-corrected chi connectivity index (χ4v) is 2.43. The van der Waals surface area contributed by atoms with Gasteiger partial charge in [0.15, 0.2) is 0 Å². The van der Waals surface area contributed by atoms with E-state index in [1.807, 2.05) is 24.3 Å². The van der Waals surface area contributed by atoms with Crippen molar-refractivity contribution in [3.8, 4) is 0 Å². The van der Waals surface area contributed by atoms with E-state index >= 15 is 0 Å². The first kappa shape index (κ1) is 12.3. The number of carboxylic acid groups (broad SMARTS) is 1. The zero-order valence-electron chi connectivity index (χ0n) is 8.24. The van der Waals surface area contributed by atoms with Gasteiger partial charge in [-0.25, -0.2) is 4.79 Å². The van der Waals surface area contributed by atoms with Crippen molar-refractivity contribution in [2.24, 2.45) is 0 Å². The minimum absolute atomic E-state index is 0.384. The predicted molar refractivity (Wildman–Crippen MR) is 66.3 cm³/mol. The van der Waals surface area contributed by atoms with Crippen LogP contribution in [0.2, 0.25) is 0 Å². The lowest BCUT2D eigenvalue weighted by atomic mass is 10.3. The van der Waals surface area contributed by atoms with Gasteiger partial charge in [-0.3, -0.25) is 0 Å². The molecule has 1 N–H and O–H groups in total. The predicted octanol–water partition coefficient (Wildman–Crippen LogP) is 3.57. The fourth-order valence-electron chi connectivity index (χ4n) is 0.906. The Balaban J connectivity index is 2.55. The van der Waals surface area contributed by atoms with Gasteiger partial charge in [0.25, 0.3) is 0 Å². The van der Waals surface area contributed by atoms with E-state index in [1.165, 1.54) is 0 Å². The van der Waals surface area contributed by atoms with E-state index in [0.717, 1.165) is 9.37 Å². The van der Waals surface area contributed by atoms with E-state index < -0.39 is 5.97 Å². The van der Waals surface area contributed by atoms with Crippen LogP contribution in [0.15, 0.2) is 45.3 Å². The van der Waals surface area contributed by atoms with Gasteiger partial charge in [-0.05, 0) is 35.0 Å². The van der Waals surface area contributed by atoms with Crippen molar-refractivity contribution >= 4 is 33.7 Å². The van der Waals surface area contributed by atoms with Gasteiger partial charge in [-0.15, -0.1) is 11.8 Å². The molecule has 1 rings (SSSR count). The third-order valence-corrected chi connectivity index (χ3v) is 3.76. The maximum Gasteiger partial charge on any atom is 0.330 e. The molecular formula is C11H11BrO2S. The Morgan fingerprint density at radius 2 is 2.20 bits per heavy atom. The summed E-state index contributed by atoms with van der Waals surface area (Å²) in [6.07, 6.45) is 1.71. The zero-order valence-corrected chi connectivity index (χ0v) is 10.6. The Morgan fingerprint density at radius 1 is 1.53 bits per heavy atom. The van der Waals surface area contributed by atoms with E-state index in [-0.39, 0.29) is 0 Å². The van der Waals surface area contributed by atoms with Gasteiger partial charge in [0.1, 0.15) is 0 Å². The van der Waals surface area contributed by atoms with Gasteiger partial charge < -0.3 is 5.11 Å². The molecule has 0 spiro atoms. The van der Waals surface area contributed by atoms with Crippen LogP contribution < -0.4 is 0 Å². The number of halogens is 1. The summed E-state index contributed by atoms with van der Waals surface area (Å²) in [4.78, 5) is 11.6. The highest BCUT2D eigenvalue weighted by molar-refractivity contribution is 9.10. The molecule has 0 fully saturated rings. The molecule has 0 bridgehead atoms. The minimum atomic E-state index is -0.859. The van der Waals surface area contributed by atoms with Crippen molar-refractivity contribution in [3.63, 3.8) is 0 Å². The molecule has 0 saturated heterocycles. The van der Waals surface area contributed by atoms with E-state index in [1.54, 1.807) is 24.8 Å². The fraction of sp³-hybridized carbons (Fsp3) is 0.182. The maximum atomic E-state index is 10.5. The van der Waals surface area contributed by atoms with Crippen LogP contribution in [-0.4, -0.2) is 16.8 Å². The standard InChI is InChI=1S/C11H11BrO2S/c1-8(11(13)14)6-7-15-10-5-3-2-4-9(10)12/h2-6H,7H2,1H3,(H,13,14). The number of rotatable bonds is 4. The van der Waals surface area contributed by atoms with Crippen molar-refractivity contribution in [3.05, 3.63) is 40.4 Å². The number of hydrogen-bond donors (Lipinski definition) is 1. The lowest BCUT2D eigenvalue weighted by Gasteiger charge is -2.01. The summed E-state index contributed by atoms with van der Waals surface area (Å²) < 4.78 is 1.04. The summed E-state index contributed by atoms with van der Waals surface area (Å²) in [5.41, 5.74) is 0.384. The Bertz CT molecular complexity index is 388. The summed E-state index contributed by atoms with van der Waals surface area (Å²) in [6, 6.07) is 7.88. The molecule has 0 amide bonds. The lowest BCUT2D eigenvalue weighted by Crippen LogP contribution is -1.96. The largest absolute Gasteiger partial charge is 0.478 e. The molecule has 0 atom stereocenters. The van der Waals surface area contributed by atoms with E-state index in [9.17, 15) is 4.79 Å². The molecule has 0 unspecified atom stereocenters. The quantitative estimate of drug-likeness (QED) is 0.679. The van der Waals surface area contributed by atoms with Crippen LogP contribution in [0.3, 0.4) is 0 Å². The number of carbonyl (C=O) groups is 1. The average molecular weight is 287 g/mol. The molecule has 0 aliphatic heterocycles. The van der Waals surface area contributed by atoms with E-state index in [0.29, 0.717) is 11.3 Å². The SMILES string of the molecule is CC(=CCSc1ccccc1Br)C(=O)O. The normalized spacial score (nSPS) is 11.5. The van der Waals surface area contributed by atoms with Crippen LogP contribution in [0, 0.1) is 0 Å². The van der Waals surface area contributed by atoms with Crippen molar-refractivity contribution in [2.75, 3.05) is 5.75 Å². The number of aliphatic carboxylic acids is 1. The van der Waals surface area contributed by atoms with Crippen LogP contribution in [0.25, 0.3) is 0 Å². The van der Waals surface area contributed by atoms with Crippen molar-refractivity contribution in [1.82, 2.24) is 0 Å². The van der Waals surface area contributed by atoms with Gasteiger partial charge in [0, 0.05) is 20.7 Å². The number of thioether (sulfide) groups is 1. The first-order valence-electron chi connectivity index (χ1n) is 4.38. The Kier molecular flexibility index (Phi) is 4.91. The highest BCUT2D eigenvalue weighted by atomic mass is 79.9. The highest BCUT2D eigenvalue weighted by Gasteiger charge is 2.00. The smallest absolute Gasteiger partial charge is 0.330 e. The number of benzene rings is 1. The third-order valence-electron chi connectivity index (χ3n) is 1.80. The molecule has 2 nitrogen and oxygen atoms in total. The Morgan fingerprint density at radius 3 is 2.80 bits per heavy atom. The van der Waals surface area contributed by atoms with Crippen LogP contribution in [0.5, 0.6) is 0 Å². The zero-order chi connectivity index (χ0) is 11.3. The highest BCUT2D eigenvalue weighted by Crippen LogP contribution is 2.27. The van der Waals surface area contributed by atoms with Gasteiger partial charge in [0.05, 0.1) is 0 Å². The molecule has 0 aromatic heterocycles. The monoisotopic (exact) mass is 286 g/mol. The molecule has 1 aromatic carbocycles. The molecule has 15 heavy (non-hydrogen) atoms. The number of carboxylic acids is 1. The third kappa shape index (κ3) is 4.10. The number of hydrogen-bond acceptors (Lipinski definition) is 2. The summed E-state index contributed by atoms with van der Waals surface area (Å²) in [5.74, 6) is -0.191. The summed E-state index contributed by atoms with van der Waals surface area (Å²) >= 11 is 5.04. The van der Waals surface area contributed by atoms with Gasteiger partial charge in [-0.1, -0.05) is 18.2 Å². The second kappa shape index (κ2) is 5.98. The Labute approximate surface area is 102 Å². The second-order valence-corrected chi connectivity index (χ2v) is 4.85. The van der Waals surface area contributed by atoms with Crippen molar-refractivity contribution in [2.45, 2.75) is 11.8 Å². The molecule has 1 aromatic rings. The van der Waals surface area contributed by atoms with E-state index in [2.05, 4.69) is 15.9 Å². The van der Waals surface area contributed by atoms with E-state index in [4.69, 9.17) is 5.11 Å². The summed E-state index contributed by atoms with van der Waals surface area (Å²) in [7, 11) is 0. The molecule has 0 radical (unpaired) electrons. The van der Waals surface area contributed by atoms with Crippen LogP contribution in [0.1, 0.15) is 6.92 Å². The van der Waals surface area contributed by atoms with Crippen molar-refractivity contribution < 1.29 is 9.90 Å². The first-order chi connectivity index (χ1) is 7.11. The molecule has 80 valence electrons. The summed E-state index contributed by atoms with van der Waals surface area (Å²) in [5, 5.41) is 8.65. The van der Waals surface area contributed by atoms with Gasteiger partial charge in [-0.2, -0.15) is 0 Å². The van der Waals surface area contributed by atoms with Crippen molar-refractivity contribution in [1.29, 1.82) is 0 Å². The maximum absolute atomic E-state index is 10.5. The molecule has 0 aliphatic rings. The minimum Gasteiger partial charge on any atom is -0.478 e. The molecule has 0 saturated carbocycles. The Hall–Kier alpha value is -0.740. The summed E-state index contributed by atoms with van der Waals surface area (Å²) in [6.45, 7) is 1.60. The topological polar surface area (TPSA) is 37.3 Å². The first-order valence-corrected chi connectivity index (χ1v) is 6.16. The van der Waals surface area contributed by atoms with Gasteiger partial charge >= 0.3 is 5.97 Å². The van der Waals surface area contributed by atoms with Crippen LogP contribution >= 0.6 is 27.7 Å². The van der Waals surface area contributed by atoms with Crippen LogP contribution in [-0.2, 0) is 4.79 Å². The lowest BCUT2D eigenvalue weighted by molar-refractivity contribution is -0.132. The van der Waals surface area contributed by atoms with Gasteiger partial charge in [0.2, 0.25) is 0 Å². The molecular weight excluding hydrogens is 276 g/mol. The molecule has 0 heterocycles. The molecule has 0 aliphatic carbocycles. The second-order valence-electron chi connectivity index (χ2n) is 2.93. The molecule has 4 heteroatoms.